The van der Waals surface area contributed by atoms with Crippen LogP contribution in [0, 0.1) is 11.3 Å². The second-order valence-electron chi connectivity index (χ2n) is 6.89. The number of benzene rings is 1. The molecule has 1 aliphatic rings. The highest BCUT2D eigenvalue weighted by atomic mass is 16.5. The minimum absolute atomic E-state index is 0.0308. The highest BCUT2D eigenvalue weighted by Gasteiger charge is 2.15. The summed E-state index contributed by atoms with van der Waals surface area (Å²) in [6.07, 6.45) is 16.2. The zero-order chi connectivity index (χ0) is 20.2. The second kappa shape index (κ2) is 11.8. The van der Waals surface area contributed by atoms with Crippen molar-refractivity contribution >= 4 is 11.7 Å². The Hall–Kier alpha value is -2.80. The minimum atomic E-state index is -0.582. The molecule has 0 fully saturated rings. The van der Waals surface area contributed by atoms with Gasteiger partial charge in [-0.2, -0.15) is 5.26 Å². The van der Waals surface area contributed by atoms with Crippen molar-refractivity contribution in [3.63, 3.8) is 0 Å². The summed E-state index contributed by atoms with van der Waals surface area (Å²) in [6, 6.07) is 10.5. The summed E-state index contributed by atoms with van der Waals surface area (Å²) in [5.74, 6) is -0.582. The van der Waals surface area contributed by atoms with E-state index in [9.17, 15) is 10.1 Å². The summed E-state index contributed by atoms with van der Waals surface area (Å²) in [4.78, 5) is 13.8. The van der Waals surface area contributed by atoms with E-state index >= 15 is 0 Å². The summed E-state index contributed by atoms with van der Waals surface area (Å²) in [7, 11) is 0. The molecule has 0 unspecified atom stereocenters. The van der Waals surface area contributed by atoms with E-state index in [1.165, 1.54) is 44.1 Å². The van der Waals surface area contributed by atoms with Crippen LogP contribution in [0.2, 0.25) is 0 Å². The smallest absolute Gasteiger partial charge is 0.349 e. The van der Waals surface area contributed by atoms with Crippen LogP contribution in [0.15, 0.2) is 60.0 Å². The quantitative estimate of drug-likeness (QED) is 0.223. The number of carbonyl (C=O) groups is 1. The van der Waals surface area contributed by atoms with Gasteiger partial charge in [-0.05, 0) is 49.6 Å². The molecule has 1 heterocycles. The first-order chi connectivity index (χ1) is 13.7. The zero-order valence-corrected chi connectivity index (χ0v) is 17.0. The van der Waals surface area contributed by atoms with Crippen molar-refractivity contribution in [2.75, 3.05) is 11.5 Å². The molecule has 2 rings (SSSR count). The van der Waals surface area contributed by atoms with E-state index in [2.05, 4.69) is 31.2 Å². The molecule has 0 spiro atoms. The molecule has 28 heavy (non-hydrogen) atoms. The van der Waals surface area contributed by atoms with E-state index in [0.29, 0.717) is 5.57 Å². The number of nitriles is 1. The third kappa shape index (κ3) is 6.42. The van der Waals surface area contributed by atoms with E-state index in [-0.39, 0.29) is 12.2 Å². The van der Waals surface area contributed by atoms with Crippen LogP contribution in [-0.4, -0.2) is 12.6 Å². The van der Waals surface area contributed by atoms with Gasteiger partial charge >= 0.3 is 5.97 Å². The Morgan fingerprint density at radius 1 is 1.00 bits per heavy atom. The lowest BCUT2D eigenvalue weighted by Gasteiger charge is -2.19. The van der Waals surface area contributed by atoms with Gasteiger partial charge in [0, 0.05) is 23.7 Å². The van der Waals surface area contributed by atoms with E-state index in [4.69, 9.17) is 4.74 Å². The molecule has 148 valence electrons. The summed E-state index contributed by atoms with van der Waals surface area (Å²) >= 11 is 0. The lowest BCUT2D eigenvalue weighted by Crippen LogP contribution is -2.13. The SMILES string of the molecule is CCCCCCCCc1ccc(N2C=CC(=C(C#N)C(=O)OCC)C=C2)cc1. The summed E-state index contributed by atoms with van der Waals surface area (Å²) in [5, 5.41) is 9.23. The fourth-order valence-corrected chi connectivity index (χ4v) is 3.14. The Bertz CT molecular complexity index is 751. The van der Waals surface area contributed by atoms with Gasteiger partial charge in [-0.25, -0.2) is 4.79 Å². The summed E-state index contributed by atoms with van der Waals surface area (Å²) in [5.41, 5.74) is 3.01. The number of rotatable bonds is 10. The van der Waals surface area contributed by atoms with Crippen LogP contribution >= 0.6 is 0 Å². The molecule has 0 saturated carbocycles. The molecule has 0 saturated heterocycles. The van der Waals surface area contributed by atoms with Gasteiger partial charge in [0.25, 0.3) is 0 Å². The van der Waals surface area contributed by atoms with Crippen molar-refractivity contribution in [1.82, 2.24) is 0 Å². The normalized spacial score (nSPS) is 12.8. The molecule has 0 aromatic heterocycles. The van der Waals surface area contributed by atoms with Crippen LogP contribution in [0.3, 0.4) is 0 Å². The summed E-state index contributed by atoms with van der Waals surface area (Å²) in [6.45, 7) is 4.22. The van der Waals surface area contributed by atoms with Gasteiger partial charge in [0.05, 0.1) is 6.61 Å². The van der Waals surface area contributed by atoms with Crippen LogP contribution in [-0.2, 0) is 16.0 Å². The molecule has 0 amide bonds. The first kappa shape index (κ1) is 21.5. The predicted molar refractivity (Wildman–Crippen MR) is 114 cm³/mol. The molecule has 0 N–H and O–H groups in total. The number of hydrogen-bond acceptors (Lipinski definition) is 4. The number of unbranched alkanes of at least 4 members (excludes halogenated alkanes) is 5. The first-order valence-corrected chi connectivity index (χ1v) is 10.2. The van der Waals surface area contributed by atoms with Crippen molar-refractivity contribution in [2.45, 2.75) is 58.8 Å². The average molecular weight is 379 g/mol. The molecular formula is C24H30N2O2. The molecule has 0 radical (unpaired) electrons. The van der Waals surface area contributed by atoms with Gasteiger partial charge in [-0.3, -0.25) is 0 Å². The lowest BCUT2D eigenvalue weighted by atomic mass is 10.0. The van der Waals surface area contributed by atoms with Crippen molar-refractivity contribution in [3.8, 4) is 6.07 Å². The number of esters is 1. The number of hydrogen-bond donors (Lipinski definition) is 0. The van der Waals surface area contributed by atoms with Crippen molar-refractivity contribution < 1.29 is 9.53 Å². The maximum absolute atomic E-state index is 11.8. The van der Waals surface area contributed by atoms with Crippen LogP contribution in [0.1, 0.15) is 57.9 Å². The van der Waals surface area contributed by atoms with Crippen LogP contribution in [0.4, 0.5) is 5.69 Å². The standard InChI is InChI=1S/C24H30N2O2/c1-3-5-6-7-8-9-10-20-11-13-22(14-12-20)26-17-15-21(16-18-26)23(19-25)24(27)28-4-2/h11-18H,3-10H2,1-2H3. The molecule has 0 aliphatic carbocycles. The predicted octanol–water partition coefficient (Wildman–Crippen LogP) is 5.82. The Balaban J connectivity index is 1.91. The number of aryl methyl sites for hydroxylation is 1. The molecule has 0 bridgehead atoms. The molecule has 1 aromatic carbocycles. The van der Waals surface area contributed by atoms with Gasteiger partial charge in [-0.15, -0.1) is 0 Å². The topological polar surface area (TPSA) is 53.3 Å². The lowest BCUT2D eigenvalue weighted by molar-refractivity contribution is -0.138. The molecule has 0 atom stereocenters. The van der Waals surface area contributed by atoms with Crippen molar-refractivity contribution in [3.05, 3.63) is 65.5 Å². The van der Waals surface area contributed by atoms with Crippen molar-refractivity contribution in [2.24, 2.45) is 0 Å². The van der Waals surface area contributed by atoms with Crippen LogP contribution in [0.25, 0.3) is 0 Å². The highest BCUT2D eigenvalue weighted by Crippen LogP contribution is 2.22. The number of allylic oxidation sites excluding steroid dienone is 3. The zero-order valence-electron chi connectivity index (χ0n) is 17.0. The molecule has 1 aromatic rings. The summed E-state index contributed by atoms with van der Waals surface area (Å²) < 4.78 is 4.93. The number of carbonyl (C=O) groups excluding carboxylic acids is 1. The average Bonchev–Trinajstić information content (AvgIpc) is 2.72. The Morgan fingerprint density at radius 2 is 1.64 bits per heavy atom. The van der Waals surface area contributed by atoms with Crippen LogP contribution < -0.4 is 4.90 Å². The minimum Gasteiger partial charge on any atom is -0.462 e. The Labute approximate surface area is 168 Å². The molecule has 4 nitrogen and oxygen atoms in total. The Kier molecular flexibility index (Phi) is 9.07. The van der Waals surface area contributed by atoms with E-state index in [1.807, 2.05) is 23.4 Å². The fourth-order valence-electron chi connectivity index (χ4n) is 3.14. The number of ether oxygens (including phenoxy) is 1. The van der Waals surface area contributed by atoms with Crippen molar-refractivity contribution in [1.29, 1.82) is 5.26 Å². The maximum Gasteiger partial charge on any atom is 0.349 e. The third-order valence-corrected chi connectivity index (χ3v) is 4.76. The monoisotopic (exact) mass is 378 g/mol. The number of anilines is 1. The second-order valence-corrected chi connectivity index (χ2v) is 6.89. The van der Waals surface area contributed by atoms with Gasteiger partial charge in [0.2, 0.25) is 0 Å². The van der Waals surface area contributed by atoms with E-state index < -0.39 is 5.97 Å². The largest absolute Gasteiger partial charge is 0.462 e. The van der Waals surface area contributed by atoms with E-state index in [0.717, 1.165) is 12.1 Å². The molecule has 1 aliphatic heterocycles. The van der Waals surface area contributed by atoms with Crippen LogP contribution in [0.5, 0.6) is 0 Å². The van der Waals surface area contributed by atoms with Gasteiger partial charge < -0.3 is 9.64 Å². The van der Waals surface area contributed by atoms with Gasteiger partial charge in [0.15, 0.2) is 0 Å². The number of nitrogens with zero attached hydrogens (tertiary/aromatic N) is 2. The highest BCUT2D eigenvalue weighted by molar-refractivity contribution is 5.95. The molecular weight excluding hydrogens is 348 g/mol. The Morgan fingerprint density at radius 3 is 2.25 bits per heavy atom. The molecule has 4 heteroatoms. The van der Waals surface area contributed by atoms with E-state index in [1.54, 1.807) is 19.1 Å². The first-order valence-electron chi connectivity index (χ1n) is 10.2. The maximum atomic E-state index is 11.8. The van der Waals surface area contributed by atoms with Gasteiger partial charge in [-0.1, -0.05) is 51.2 Å². The van der Waals surface area contributed by atoms with Gasteiger partial charge in [0.1, 0.15) is 11.6 Å². The fraction of sp³-hybridized carbons (Fsp3) is 0.417. The third-order valence-electron chi connectivity index (χ3n) is 4.76.